The molecule has 1 aromatic heterocycles. The third-order valence-corrected chi connectivity index (χ3v) is 3.83. The number of benzene rings is 1. The molecule has 4 heteroatoms. The molecule has 21 heavy (non-hydrogen) atoms. The summed E-state index contributed by atoms with van der Waals surface area (Å²) in [6.45, 7) is 3.09. The van der Waals surface area contributed by atoms with Gasteiger partial charge in [0.05, 0.1) is 7.11 Å². The monoisotopic (exact) mass is 288 g/mol. The van der Waals surface area contributed by atoms with Gasteiger partial charge in [-0.05, 0) is 48.9 Å². The smallest absolute Gasteiger partial charge is 0.134 e. The Hall–Kier alpha value is -1.81. The maximum atomic E-state index is 9.16. The van der Waals surface area contributed by atoms with E-state index in [0.29, 0.717) is 0 Å². The van der Waals surface area contributed by atoms with Crippen molar-refractivity contribution in [2.24, 2.45) is 0 Å². The van der Waals surface area contributed by atoms with Crippen LogP contribution in [0.2, 0.25) is 0 Å². The SMILES string of the molecule is CCc1cc(OC)ccc1CCCCn1ccnc1CO. The zero-order valence-electron chi connectivity index (χ0n) is 12.9. The average Bonchev–Trinajstić information content (AvgIpc) is 2.99. The van der Waals surface area contributed by atoms with E-state index in [1.54, 1.807) is 13.3 Å². The van der Waals surface area contributed by atoms with Crippen LogP contribution in [-0.4, -0.2) is 21.8 Å². The van der Waals surface area contributed by atoms with Crippen molar-refractivity contribution in [1.29, 1.82) is 0 Å². The predicted molar refractivity (Wildman–Crippen MR) is 83.5 cm³/mol. The Morgan fingerprint density at radius 2 is 2.10 bits per heavy atom. The highest BCUT2D eigenvalue weighted by molar-refractivity contribution is 5.35. The summed E-state index contributed by atoms with van der Waals surface area (Å²) in [5.41, 5.74) is 2.78. The summed E-state index contributed by atoms with van der Waals surface area (Å²) in [6, 6.07) is 6.34. The van der Waals surface area contributed by atoms with Gasteiger partial charge in [-0.2, -0.15) is 0 Å². The van der Waals surface area contributed by atoms with Crippen molar-refractivity contribution in [3.8, 4) is 5.75 Å². The van der Waals surface area contributed by atoms with Crippen LogP contribution in [0.4, 0.5) is 0 Å². The van der Waals surface area contributed by atoms with Crippen molar-refractivity contribution >= 4 is 0 Å². The number of aryl methyl sites for hydroxylation is 3. The lowest BCUT2D eigenvalue weighted by Gasteiger charge is -2.10. The molecule has 0 atom stereocenters. The van der Waals surface area contributed by atoms with E-state index in [4.69, 9.17) is 9.84 Å². The van der Waals surface area contributed by atoms with Crippen molar-refractivity contribution in [2.45, 2.75) is 45.8 Å². The molecule has 1 aromatic carbocycles. The van der Waals surface area contributed by atoms with Crippen molar-refractivity contribution in [1.82, 2.24) is 9.55 Å². The van der Waals surface area contributed by atoms with Crippen molar-refractivity contribution in [3.05, 3.63) is 47.5 Å². The van der Waals surface area contributed by atoms with Gasteiger partial charge >= 0.3 is 0 Å². The molecule has 0 bridgehead atoms. The molecule has 1 heterocycles. The van der Waals surface area contributed by atoms with Crippen LogP contribution in [-0.2, 0) is 26.0 Å². The Kier molecular flexibility index (Phi) is 5.81. The molecule has 0 saturated heterocycles. The van der Waals surface area contributed by atoms with Gasteiger partial charge in [0.2, 0.25) is 0 Å². The molecule has 0 spiro atoms. The molecule has 1 N–H and O–H groups in total. The largest absolute Gasteiger partial charge is 0.497 e. The molecular formula is C17H24N2O2. The van der Waals surface area contributed by atoms with Gasteiger partial charge < -0.3 is 14.4 Å². The number of rotatable bonds is 8. The Morgan fingerprint density at radius 3 is 2.81 bits per heavy atom. The molecule has 0 fully saturated rings. The predicted octanol–water partition coefficient (Wildman–Crippen LogP) is 2.97. The lowest BCUT2D eigenvalue weighted by Crippen LogP contribution is -2.03. The second kappa shape index (κ2) is 7.84. The topological polar surface area (TPSA) is 47.3 Å². The van der Waals surface area contributed by atoms with E-state index >= 15 is 0 Å². The number of hydrogen-bond acceptors (Lipinski definition) is 3. The van der Waals surface area contributed by atoms with E-state index in [2.05, 4.69) is 24.0 Å². The Morgan fingerprint density at radius 1 is 1.24 bits per heavy atom. The number of imidazole rings is 1. The summed E-state index contributed by atoms with van der Waals surface area (Å²) in [6.07, 6.45) is 7.99. The summed E-state index contributed by atoms with van der Waals surface area (Å²) < 4.78 is 7.30. The minimum atomic E-state index is 0.00542. The maximum Gasteiger partial charge on any atom is 0.134 e. The fraction of sp³-hybridized carbons (Fsp3) is 0.471. The van der Waals surface area contributed by atoms with Crippen molar-refractivity contribution < 1.29 is 9.84 Å². The number of ether oxygens (including phenoxy) is 1. The zero-order chi connectivity index (χ0) is 15.1. The summed E-state index contributed by atoms with van der Waals surface area (Å²) in [5, 5.41) is 9.16. The number of aliphatic hydroxyl groups excluding tert-OH is 1. The third kappa shape index (κ3) is 4.08. The quantitative estimate of drug-likeness (QED) is 0.760. The normalized spacial score (nSPS) is 10.8. The molecule has 0 unspecified atom stereocenters. The van der Waals surface area contributed by atoms with Gasteiger partial charge in [0.25, 0.3) is 0 Å². The lowest BCUT2D eigenvalue weighted by atomic mass is 10.00. The molecular weight excluding hydrogens is 264 g/mol. The van der Waals surface area contributed by atoms with E-state index in [9.17, 15) is 0 Å². The molecule has 2 aromatic rings. The van der Waals surface area contributed by atoms with Gasteiger partial charge in [-0.15, -0.1) is 0 Å². The molecule has 0 saturated carbocycles. The number of nitrogens with zero attached hydrogens (tertiary/aromatic N) is 2. The van der Waals surface area contributed by atoms with Crippen LogP contribution in [0.3, 0.4) is 0 Å². The fourth-order valence-electron chi connectivity index (χ4n) is 2.60. The molecule has 0 radical (unpaired) electrons. The van der Waals surface area contributed by atoms with Crippen LogP contribution < -0.4 is 4.74 Å². The summed E-state index contributed by atoms with van der Waals surface area (Å²) >= 11 is 0. The first-order valence-corrected chi connectivity index (χ1v) is 7.55. The fourth-order valence-corrected chi connectivity index (χ4v) is 2.60. The standard InChI is InChI=1S/C17H24N2O2/c1-3-14-12-16(21-2)8-7-15(14)6-4-5-10-19-11-9-18-17(19)13-20/h7-9,11-12,20H,3-6,10,13H2,1-2H3. The Balaban J connectivity index is 1.86. The number of hydrogen-bond donors (Lipinski definition) is 1. The van der Waals surface area contributed by atoms with E-state index in [0.717, 1.165) is 43.8 Å². The van der Waals surface area contributed by atoms with Crippen LogP contribution >= 0.6 is 0 Å². The number of unbranched alkanes of at least 4 members (excludes halogenated alkanes) is 1. The molecule has 0 aliphatic heterocycles. The summed E-state index contributed by atoms with van der Waals surface area (Å²) in [4.78, 5) is 4.12. The Labute approximate surface area is 126 Å². The van der Waals surface area contributed by atoms with Gasteiger partial charge in [-0.3, -0.25) is 0 Å². The van der Waals surface area contributed by atoms with Gasteiger partial charge in [0.1, 0.15) is 18.2 Å². The molecule has 4 nitrogen and oxygen atoms in total. The summed E-state index contributed by atoms with van der Waals surface area (Å²) in [5.74, 6) is 1.68. The highest BCUT2D eigenvalue weighted by Crippen LogP contribution is 2.20. The second-order valence-electron chi connectivity index (χ2n) is 5.14. The number of aliphatic hydroxyl groups is 1. The van der Waals surface area contributed by atoms with E-state index in [-0.39, 0.29) is 6.61 Å². The van der Waals surface area contributed by atoms with Gasteiger partial charge in [-0.25, -0.2) is 4.98 Å². The van der Waals surface area contributed by atoms with Crippen molar-refractivity contribution in [2.75, 3.05) is 7.11 Å². The third-order valence-electron chi connectivity index (χ3n) is 3.83. The average molecular weight is 288 g/mol. The minimum Gasteiger partial charge on any atom is -0.497 e. The van der Waals surface area contributed by atoms with E-state index in [1.807, 2.05) is 16.8 Å². The summed E-state index contributed by atoms with van der Waals surface area (Å²) in [7, 11) is 1.71. The van der Waals surface area contributed by atoms with Gasteiger partial charge in [0, 0.05) is 18.9 Å². The highest BCUT2D eigenvalue weighted by atomic mass is 16.5. The van der Waals surface area contributed by atoms with E-state index in [1.165, 1.54) is 11.1 Å². The van der Waals surface area contributed by atoms with Crippen LogP contribution in [0.25, 0.3) is 0 Å². The minimum absolute atomic E-state index is 0.00542. The van der Waals surface area contributed by atoms with Gasteiger partial charge in [-0.1, -0.05) is 13.0 Å². The van der Waals surface area contributed by atoms with Crippen LogP contribution in [0, 0.1) is 0 Å². The second-order valence-corrected chi connectivity index (χ2v) is 5.14. The van der Waals surface area contributed by atoms with Crippen molar-refractivity contribution in [3.63, 3.8) is 0 Å². The molecule has 0 aliphatic carbocycles. The Bertz CT molecular complexity index is 564. The van der Waals surface area contributed by atoms with Gasteiger partial charge in [0.15, 0.2) is 0 Å². The first-order valence-electron chi connectivity index (χ1n) is 7.55. The molecule has 0 amide bonds. The van der Waals surface area contributed by atoms with Crippen LogP contribution in [0.5, 0.6) is 5.75 Å². The van der Waals surface area contributed by atoms with Crippen LogP contribution in [0.1, 0.15) is 36.7 Å². The highest BCUT2D eigenvalue weighted by Gasteiger charge is 2.04. The zero-order valence-corrected chi connectivity index (χ0v) is 12.9. The molecule has 0 aliphatic rings. The molecule has 114 valence electrons. The molecule has 2 rings (SSSR count). The number of methoxy groups -OCH3 is 1. The van der Waals surface area contributed by atoms with E-state index < -0.39 is 0 Å². The lowest BCUT2D eigenvalue weighted by molar-refractivity contribution is 0.264. The first kappa shape index (κ1) is 15.6. The number of aromatic nitrogens is 2. The maximum absolute atomic E-state index is 9.16. The first-order chi connectivity index (χ1) is 10.3. The van der Waals surface area contributed by atoms with Crippen LogP contribution in [0.15, 0.2) is 30.6 Å².